The van der Waals surface area contributed by atoms with Crippen LogP contribution in [0.25, 0.3) is 0 Å². The van der Waals surface area contributed by atoms with E-state index in [1.807, 2.05) is 0 Å². The Balaban J connectivity index is 2.16. The highest BCUT2D eigenvalue weighted by Crippen LogP contribution is 2.36. The van der Waals surface area contributed by atoms with E-state index in [0.29, 0.717) is 0 Å². The molecule has 0 bridgehead atoms. The summed E-state index contributed by atoms with van der Waals surface area (Å²) in [6.45, 7) is 8.86. The van der Waals surface area contributed by atoms with Crippen LogP contribution in [-0.2, 0) is 5.41 Å². The zero-order valence-electron chi connectivity index (χ0n) is 11.8. The Kier molecular flexibility index (Phi) is 4.41. The van der Waals surface area contributed by atoms with Crippen molar-refractivity contribution in [2.24, 2.45) is 5.73 Å². The molecule has 0 spiro atoms. The number of likely N-dealkylation sites (tertiary alicyclic amines) is 1. The topological polar surface area (TPSA) is 29.3 Å². The molecule has 1 aliphatic rings. The summed E-state index contributed by atoms with van der Waals surface area (Å²) in [7, 11) is 0. The van der Waals surface area contributed by atoms with Crippen LogP contribution in [0.4, 0.5) is 0 Å². The van der Waals surface area contributed by atoms with Crippen molar-refractivity contribution in [1.82, 2.24) is 4.90 Å². The highest BCUT2D eigenvalue weighted by atomic mass is 15.1. The second kappa shape index (κ2) is 5.85. The molecule has 0 amide bonds. The van der Waals surface area contributed by atoms with E-state index in [1.54, 1.807) is 0 Å². The van der Waals surface area contributed by atoms with Crippen LogP contribution in [-0.4, -0.2) is 31.1 Å². The molecule has 0 unspecified atom stereocenters. The number of benzene rings is 1. The quantitative estimate of drug-likeness (QED) is 0.885. The van der Waals surface area contributed by atoms with Crippen LogP contribution in [0.1, 0.15) is 37.3 Å². The first-order valence-corrected chi connectivity index (χ1v) is 7.20. The molecule has 2 rings (SSSR count). The molecule has 2 nitrogen and oxygen atoms in total. The summed E-state index contributed by atoms with van der Waals surface area (Å²) in [6, 6.07) is 8.76. The van der Waals surface area contributed by atoms with E-state index >= 15 is 0 Å². The molecule has 1 fully saturated rings. The molecule has 1 heterocycles. The lowest BCUT2D eigenvalue weighted by molar-refractivity contribution is 0.162. The van der Waals surface area contributed by atoms with Gasteiger partial charge in [-0.3, -0.25) is 0 Å². The normalized spacial score (nSPS) is 19.9. The Labute approximate surface area is 111 Å². The van der Waals surface area contributed by atoms with Crippen LogP contribution in [0.3, 0.4) is 0 Å². The van der Waals surface area contributed by atoms with Crippen molar-refractivity contribution >= 4 is 0 Å². The van der Waals surface area contributed by atoms with Gasteiger partial charge in [0.05, 0.1) is 0 Å². The lowest BCUT2D eigenvalue weighted by atomic mass is 9.71. The number of nitrogens with two attached hydrogens (primary N) is 1. The van der Waals surface area contributed by atoms with Crippen LogP contribution in [0, 0.1) is 6.92 Å². The maximum absolute atomic E-state index is 6.14. The summed E-state index contributed by atoms with van der Waals surface area (Å²) < 4.78 is 0. The summed E-state index contributed by atoms with van der Waals surface area (Å²) >= 11 is 0. The number of nitrogens with zero attached hydrogens (tertiary/aromatic N) is 1. The van der Waals surface area contributed by atoms with E-state index in [4.69, 9.17) is 5.73 Å². The molecule has 0 atom stereocenters. The molecule has 1 aliphatic heterocycles. The van der Waals surface area contributed by atoms with E-state index in [9.17, 15) is 0 Å². The Morgan fingerprint density at radius 1 is 1.22 bits per heavy atom. The van der Waals surface area contributed by atoms with E-state index < -0.39 is 0 Å². The summed E-state index contributed by atoms with van der Waals surface area (Å²) in [5.41, 5.74) is 9.23. The third-order valence-corrected chi connectivity index (χ3v) is 4.46. The SMILES string of the molecule is CCCN1CCC(CN)(c2ccccc2C)CC1. The van der Waals surface area contributed by atoms with Crippen LogP contribution >= 0.6 is 0 Å². The zero-order chi connectivity index (χ0) is 13.0. The van der Waals surface area contributed by atoms with Crippen LogP contribution in [0.15, 0.2) is 24.3 Å². The fourth-order valence-electron chi connectivity index (χ4n) is 3.27. The summed E-state index contributed by atoms with van der Waals surface area (Å²) in [5.74, 6) is 0. The highest BCUT2D eigenvalue weighted by Gasteiger charge is 2.35. The monoisotopic (exact) mass is 246 g/mol. The van der Waals surface area contributed by atoms with Crippen molar-refractivity contribution in [1.29, 1.82) is 0 Å². The summed E-state index contributed by atoms with van der Waals surface area (Å²) in [6.07, 6.45) is 3.66. The third kappa shape index (κ3) is 2.60. The Morgan fingerprint density at radius 3 is 2.44 bits per heavy atom. The van der Waals surface area contributed by atoms with Crippen LogP contribution < -0.4 is 5.73 Å². The number of rotatable bonds is 4. The van der Waals surface area contributed by atoms with Gasteiger partial charge >= 0.3 is 0 Å². The molecule has 100 valence electrons. The minimum absolute atomic E-state index is 0.218. The van der Waals surface area contributed by atoms with Gasteiger partial charge in [0.1, 0.15) is 0 Å². The lowest BCUT2D eigenvalue weighted by Crippen LogP contribution is -2.47. The highest BCUT2D eigenvalue weighted by molar-refractivity contribution is 5.34. The van der Waals surface area contributed by atoms with Gasteiger partial charge in [0, 0.05) is 12.0 Å². The van der Waals surface area contributed by atoms with Gasteiger partial charge in [-0.05, 0) is 56.9 Å². The standard InChI is InChI=1S/C16H26N2/c1-3-10-18-11-8-16(13-17,9-12-18)15-7-5-4-6-14(15)2/h4-7H,3,8-13,17H2,1-2H3. The second-order valence-corrected chi connectivity index (χ2v) is 5.64. The molecule has 0 aliphatic carbocycles. The predicted octanol–water partition coefficient (Wildman–Crippen LogP) is 2.70. The van der Waals surface area contributed by atoms with Crippen molar-refractivity contribution in [3.05, 3.63) is 35.4 Å². The van der Waals surface area contributed by atoms with Gasteiger partial charge < -0.3 is 10.6 Å². The minimum atomic E-state index is 0.218. The van der Waals surface area contributed by atoms with E-state index in [1.165, 1.54) is 50.0 Å². The molecule has 2 N–H and O–H groups in total. The fraction of sp³-hybridized carbons (Fsp3) is 0.625. The smallest absolute Gasteiger partial charge is 0.0102 e. The van der Waals surface area contributed by atoms with Crippen molar-refractivity contribution in [2.45, 2.75) is 38.5 Å². The maximum Gasteiger partial charge on any atom is 0.0102 e. The molecule has 1 saturated heterocycles. The molecule has 1 aromatic rings. The second-order valence-electron chi connectivity index (χ2n) is 5.64. The van der Waals surface area contributed by atoms with Crippen LogP contribution in [0.5, 0.6) is 0 Å². The zero-order valence-corrected chi connectivity index (χ0v) is 11.8. The van der Waals surface area contributed by atoms with Gasteiger partial charge in [0.15, 0.2) is 0 Å². The molecule has 0 radical (unpaired) electrons. The Bertz CT molecular complexity index is 378. The molecule has 1 aromatic carbocycles. The third-order valence-electron chi connectivity index (χ3n) is 4.46. The van der Waals surface area contributed by atoms with Gasteiger partial charge in [-0.25, -0.2) is 0 Å². The largest absolute Gasteiger partial charge is 0.330 e. The van der Waals surface area contributed by atoms with Crippen LogP contribution in [0.2, 0.25) is 0 Å². The van der Waals surface area contributed by atoms with E-state index in [-0.39, 0.29) is 5.41 Å². The fourth-order valence-corrected chi connectivity index (χ4v) is 3.27. The van der Waals surface area contributed by atoms with E-state index in [2.05, 4.69) is 43.0 Å². The molecule has 2 heteroatoms. The molecular weight excluding hydrogens is 220 g/mol. The first kappa shape index (κ1) is 13.6. The average molecular weight is 246 g/mol. The van der Waals surface area contributed by atoms with E-state index in [0.717, 1.165) is 6.54 Å². The van der Waals surface area contributed by atoms with Crippen molar-refractivity contribution < 1.29 is 0 Å². The van der Waals surface area contributed by atoms with Gasteiger partial charge in [0.25, 0.3) is 0 Å². The average Bonchev–Trinajstić information content (AvgIpc) is 2.41. The van der Waals surface area contributed by atoms with Crippen molar-refractivity contribution in [2.75, 3.05) is 26.2 Å². The summed E-state index contributed by atoms with van der Waals surface area (Å²) in [5, 5.41) is 0. The molecule has 0 aromatic heterocycles. The first-order valence-electron chi connectivity index (χ1n) is 7.20. The molecule has 0 saturated carbocycles. The lowest BCUT2D eigenvalue weighted by Gasteiger charge is -2.42. The first-order chi connectivity index (χ1) is 8.72. The maximum atomic E-state index is 6.14. The Morgan fingerprint density at radius 2 is 1.89 bits per heavy atom. The van der Waals surface area contributed by atoms with Crippen molar-refractivity contribution in [3.8, 4) is 0 Å². The number of hydrogen-bond donors (Lipinski definition) is 1. The minimum Gasteiger partial charge on any atom is -0.330 e. The Hall–Kier alpha value is -0.860. The summed E-state index contributed by atoms with van der Waals surface area (Å²) in [4.78, 5) is 2.58. The van der Waals surface area contributed by atoms with Gasteiger partial charge in [0.2, 0.25) is 0 Å². The predicted molar refractivity (Wildman–Crippen MR) is 77.9 cm³/mol. The van der Waals surface area contributed by atoms with Gasteiger partial charge in [-0.15, -0.1) is 0 Å². The van der Waals surface area contributed by atoms with Gasteiger partial charge in [-0.1, -0.05) is 31.2 Å². The molecular formula is C16H26N2. The number of aryl methyl sites for hydroxylation is 1. The molecule has 18 heavy (non-hydrogen) atoms. The number of hydrogen-bond acceptors (Lipinski definition) is 2. The number of piperidine rings is 1. The van der Waals surface area contributed by atoms with Gasteiger partial charge in [-0.2, -0.15) is 0 Å². The van der Waals surface area contributed by atoms with Crippen molar-refractivity contribution in [3.63, 3.8) is 0 Å².